The molecule has 0 aliphatic carbocycles. The molecule has 120 valence electrons. The summed E-state index contributed by atoms with van der Waals surface area (Å²) in [6.45, 7) is 8.49. The molecule has 4 aromatic rings. The molecule has 0 aliphatic heterocycles. The number of hydrogen-bond acceptors (Lipinski definition) is 2. The summed E-state index contributed by atoms with van der Waals surface area (Å²) >= 11 is 0. The molecule has 0 bridgehead atoms. The van der Waals surface area contributed by atoms with Crippen molar-refractivity contribution in [3.8, 4) is 5.82 Å². The second kappa shape index (κ2) is 5.17. The summed E-state index contributed by atoms with van der Waals surface area (Å²) in [7, 11) is 0. The van der Waals surface area contributed by atoms with E-state index in [2.05, 4.69) is 84.9 Å². The molecule has 0 saturated carbocycles. The Hall–Kier alpha value is -2.68. The van der Waals surface area contributed by atoms with Crippen molar-refractivity contribution in [3.05, 3.63) is 66.1 Å². The normalized spacial score (nSPS) is 12.2. The van der Waals surface area contributed by atoms with Gasteiger partial charge < -0.3 is 0 Å². The van der Waals surface area contributed by atoms with Crippen LogP contribution in [-0.4, -0.2) is 14.5 Å². The lowest BCUT2D eigenvalue weighted by molar-refractivity contribution is 0.541. The Labute approximate surface area is 142 Å². The van der Waals surface area contributed by atoms with Gasteiger partial charge in [0, 0.05) is 27.9 Å². The zero-order chi connectivity index (χ0) is 16.9. The molecule has 0 amide bonds. The van der Waals surface area contributed by atoms with Gasteiger partial charge in [0.15, 0.2) is 0 Å². The number of hydrogen-bond donors (Lipinski definition) is 0. The lowest BCUT2D eigenvalue weighted by atomic mass is 9.95. The van der Waals surface area contributed by atoms with Crippen LogP contribution in [0.5, 0.6) is 0 Å². The molecule has 0 spiro atoms. The first-order valence-electron chi connectivity index (χ1n) is 8.30. The molecular weight excluding hydrogens is 294 g/mol. The molecule has 24 heavy (non-hydrogen) atoms. The fourth-order valence-electron chi connectivity index (χ4n) is 3.17. The van der Waals surface area contributed by atoms with Crippen LogP contribution in [0, 0.1) is 6.92 Å². The van der Waals surface area contributed by atoms with E-state index in [0.717, 1.165) is 17.3 Å². The molecule has 0 aliphatic rings. The van der Waals surface area contributed by atoms with E-state index in [-0.39, 0.29) is 5.41 Å². The number of para-hydroxylation sites is 2. The standard InChI is InChI=1S/C21H21N3/c1-14-13-19(23-20(22-14)21(2,3)4)24-17-11-7-5-9-15(17)16-10-6-8-12-18(16)24/h5-13H,1-4H3. The van der Waals surface area contributed by atoms with Gasteiger partial charge in [-0.3, -0.25) is 4.57 Å². The molecule has 3 nitrogen and oxygen atoms in total. The average molecular weight is 315 g/mol. The van der Waals surface area contributed by atoms with Crippen LogP contribution in [0.2, 0.25) is 0 Å². The van der Waals surface area contributed by atoms with E-state index >= 15 is 0 Å². The van der Waals surface area contributed by atoms with Crippen LogP contribution in [0.3, 0.4) is 0 Å². The van der Waals surface area contributed by atoms with E-state index in [4.69, 9.17) is 4.98 Å². The third kappa shape index (κ3) is 2.28. The zero-order valence-electron chi connectivity index (χ0n) is 14.5. The summed E-state index contributed by atoms with van der Waals surface area (Å²) in [6.07, 6.45) is 0. The minimum absolute atomic E-state index is 0.0838. The van der Waals surface area contributed by atoms with Gasteiger partial charge in [-0.25, -0.2) is 9.97 Å². The molecule has 0 radical (unpaired) electrons. The van der Waals surface area contributed by atoms with Gasteiger partial charge in [0.2, 0.25) is 0 Å². The van der Waals surface area contributed by atoms with Gasteiger partial charge in [-0.1, -0.05) is 57.2 Å². The van der Waals surface area contributed by atoms with E-state index in [9.17, 15) is 0 Å². The zero-order valence-corrected chi connectivity index (χ0v) is 14.5. The van der Waals surface area contributed by atoms with Gasteiger partial charge in [-0.15, -0.1) is 0 Å². The van der Waals surface area contributed by atoms with Crippen molar-refractivity contribution in [2.24, 2.45) is 0 Å². The first-order chi connectivity index (χ1) is 11.4. The molecule has 0 fully saturated rings. The molecule has 4 rings (SSSR count). The molecule has 0 N–H and O–H groups in total. The van der Waals surface area contributed by atoms with Gasteiger partial charge in [-0.2, -0.15) is 0 Å². The van der Waals surface area contributed by atoms with Crippen LogP contribution < -0.4 is 0 Å². The summed E-state index contributed by atoms with van der Waals surface area (Å²) in [5, 5.41) is 2.50. The predicted molar refractivity (Wildman–Crippen MR) is 99.8 cm³/mol. The molecule has 0 saturated heterocycles. The summed E-state index contributed by atoms with van der Waals surface area (Å²) in [5.74, 6) is 1.81. The van der Waals surface area contributed by atoms with Gasteiger partial charge in [0.25, 0.3) is 0 Å². The molecule has 0 unspecified atom stereocenters. The fraction of sp³-hybridized carbons (Fsp3) is 0.238. The maximum Gasteiger partial charge on any atom is 0.141 e. The Bertz CT molecular complexity index is 998. The average Bonchev–Trinajstić information content (AvgIpc) is 2.88. The van der Waals surface area contributed by atoms with Crippen LogP contribution in [-0.2, 0) is 5.41 Å². The molecule has 3 heteroatoms. The monoisotopic (exact) mass is 315 g/mol. The lowest BCUT2D eigenvalue weighted by Gasteiger charge is -2.18. The Morgan fingerprint density at radius 1 is 0.792 bits per heavy atom. The number of aryl methyl sites for hydroxylation is 1. The van der Waals surface area contributed by atoms with Crippen molar-refractivity contribution in [1.29, 1.82) is 0 Å². The summed E-state index contributed by atoms with van der Waals surface area (Å²) in [6, 6.07) is 19.1. The van der Waals surface area contributed by atoms with Gasteiger partial charge >= 0.3 is 0 Å². The van der Waals surface area contributed by atoms with Crippen LogP contribution in [0.25, 0.3) is 27.6 Å². The number of aromatic nitrogens is 3. The SMILES string of the molecule is Cc1cc(-n2c3ccccc3c3ccccc32)nc(C(C)(C)C)n1. The van der Waals surface area contributed by atoms with Gasteiger partial charge in [0.05, 0.1) is 11.0 Å². The number of fused-ring (bicyclic) bond motifs is 3. The highest BCUT2D eigenvalue weighted by molar-refractivity contribution is 6.09. The molecule has 2 aromatic carbocycles. The minimum atomic E-state index is -0.0838. The molecule has 0 atom stereocenters. The molecule has 2 aromatic heterocycles. The van der Waals surface area contributed by atoms with Crippen LogP contribution in [0.4, 0.5) is 0 Å². The van der Waals surface area contributed by atoms with Crippen LogP contribution >= 0.6 is 0 Å². The third-order valence-corrected chi connectivity index (χ3v) is 4.32. The van der Waals surface area contributed by atoms with Crippen LogP contribution in [0.1, 0.15) is 32.3 Å². The van der Waals surface area contributed by atoms with Crippen molar-refractivity contribution in [3.63, 3.8) is 0 Å². The van der Waals surface area contributed by atoms with E-state index < -0.39 is 0 Å². The van der Waals surface area contributed by atoms with Crippen molar-refractivity contribution in [2.75, 3.05) is 0 Å². The quantitative estimate of drug-likeness (QED) is 0.484. The van der Waals surface area contributed by atoms with E-state index in [0.29, 0.717) is 0 Å². The van der Waals surface area contributed by atoms with E-state index in [1.807, 2.05) is 6.92 Å². The summed E-state index contributed by atoms with van der Waals surface area (Å²) in [4.78, 5) is 9.55. The van der Waals surface area contributed by atoms with Gasteiger partial charge in [-0.05, 0) is 19.1 Å². The van der Waals surface area contributed by atoms with Crippen LogP contribution in [0.15, 0.2) is 54.6 Å². The topological polar surface area (TPSA) is 30.7 Å². The third-order valence-electron chi connectivity index (χ3n) is 4.32. The Morgan fingerprint density at radius 3 is 1.88 bits per heavy atom. The minimum Gasteiger partial charge on any atom is -0.294 e. The second-order valence-electron chi connectivity index (χ2n) is 7.31. The van der Waals surface area contributed by atoms with Gasteiger partial charge in [0.1, 0.15) is 11.6 Å². The maximum atomic E-state index is 4.90. The number of benzene rings is 2. The maximum absolute atomic E-state index is 4.90. The summed E-state index contributed by atoms with van der Waals surface area (Å²) in [5.41, 5.74) is 3.26. The Kier molecular flexibility index (Phi) is 3.20. The highest BCUT2D eigenvalue weighted by Crippen LogP contribution is 2.31. The highest BCUT2D eigenvalue weighted by Gasteiger charge is 2.20. The second-order valence-corrected chi connectivity index (χ2v) is 7.31. The van der Waals surface area contributed by atoms with Crippen molar-refractivity contribution >= 4 is 21.8 Å². The summed E-state index contributed by atoms with van der Waals surface area (Å²) < 4.78 is 2.24. The van der Waals surface area contributed by atoms with Crippen molar-refractivity contribution in [1.82, 2.24) is 14.5 Å². The number of nitrogens with zero attached hydrogens (tertiary/aromatic N) is 3. The predicted octanol–water partition coefficient (Wildman–Crippen LogP) is 5.18. The van der Waals surface area contributed by atoms with Crippen molar-refractivity contribution in [2.45, 2.75) is 33.1 Å². The van der Waals surface area contributed by atoms with Crippen molar-refractivity contribution < 1.29 is 0 Å². The fourth-order valence-corrected chi connectivity index (χ4v) is 3.17. The van der Waals surface area contributed by atoms with E-state index in [1.54, 1.807) is 0 Å². The first-order valence-corrected chi connectivity index (χ1v) is 8.30. The molecule has 2 heterocycles. The Morgan fingerprint density at radius 2 is 1.33 bits per heavy atom. The van der Waals surface area contributed by atoms with E-state index in [1.165, 1.54) is 21.8 Å². The lowest BCUT2D eigenvalue weighted by Crippen LogP contribution is -2.18. The first kappa shape index (κ1) is 14.9. The largest absolute Gasteiger partial charge is 0.294 e. The highest BCUT2D eigenvalue weighted by atomic mass is 15.1. The number of rotatable bonds is 1. The molecular formula is C21H21N3. The smallest absolute Gasteiger partial charge is 0.141 e. The Balaban J connectivity index is 2.11.